The van der Waals surface area contributed by atoms with E-state index in [0.717, 1.165) is 45.7 Å². The van der Waals surface area contributed by atoms with Crippen LogP contribution in [0.2, 0.25) is 0 Å². The van der Waals surface area contributed by atoms with Crippen LogP contribution in [0, 0.1) is 0 Å². The lowest BCUT2D eigenvalue weighted by Crippen LogP contribution is -2.60. The van der Waals surface area contributed by atoms with E-state index in [2.05, 4.69) is 180 Å². The lowest BCUT2D eigenvalue weighted by molar-refractivity contribution is 0.487. The first-order chi connectivity index (χ1) is 25.8. The summed E-state index contributed by atoms with van der Waals surface area (Å²) in [6.45, 7) is 0.0600. The van der Waals surface area contributed by atoms with E-state index in [4.69, 9.17) is 9.47 Å². The highest BCUT2D eigenvalue weighted by molar-refractivity contribution is 7.00. The number of nitrogens with zero attached hydrogens (tertiary/aromatic N) is 2. The predicted octanol–water partition coefficient (Wildman–Crippen LogP) is 7.65. The Kier molecular flexibility index (Phi) is 5.64. The van der Waals surface area contributed by atoms with Gasteiger partial charge in [0, 0.05) is 44.9 Å². The van der Waals surface area contributed by atoms with E-state index >= 15 is 0 Å². The van der Waals surface area contributed by atoms with Gasteiger partial charge in [0.15, 0.2) is 0 Å². The fraction of sp³-hybridized carbons (Fsp3) is 0. The maximum Gasteiger partial charge on any atom is 0.256 e. The van der Waals surface area contributed by atoms with Gasteiger partial charge < -0.3 is 19.3 Å². The van der Waals surface area contributed by atoms with Crippen LogP contribution in [0.25, 0.3) is 10.8 Å². The van der Waals surface area contributed by atoms with Gasteiger partial charge in [-0.2, -0.15) is 0 Å². The molecule has 0 fully saturated rings. The average molecular weight is 662 g/mol. The summed E-state index contributed by atoms with van der Waals surface area (Å²) in [5.74, 6) is 3.67. The molecule has 0 atom stereocenters. The summed E-state index contributed by atoms with van der Waals surface area (Å²) >= 11 is 0. The molecule has 8 aromatic carbocycles. The van der Waals surface area contributed by atoms with E-state index < -0.39 is 0 Å². The standard InChI is InChI=1S/C46H28B2N2O2/c1-3-13-29(14-4-1)49-37-19-11-23-41-43(37)47(33-17-7-9-21-39(33)51-41)35-27-26-32-31(45(35)49)25-28-36-46(32)50(30-15-5-2-6-16-30)38-20-12-24-42-44(38)48(36)34-18-8-10-22-40(34)52-42/h1-28H. The number of hydrogen-bond donors (Lipinski definition) is 0. The number of fused-ring (bicyclic) bond motifs is 11. The normalized spacial score (nSPS) is 13.9. The van der Waals surface area contributed by atoms with E-state index in [1.54, 1.807) is 0 Å². The highest BCUT2D eigenvalue weighted by atomic mass is 16.5. The maximum absolute atomic E-state index is 6.61. The Morgan fingerprint density at radius 2 is 0.731 bits per heavy atom. The number of rotatable bonds is 2. The van der Waals surface area contributed by atoms with Gasteiger partial charge in [0.05, 0.1) is 0 Å². The van der Waals surface area contributed by atoms with E-state index in [-0.39, 0.29) is 13.4 Å². The number of benzene rings is 8. The number of hydrogen-bond acceptors (Lipinski definition) is 4. The number of para-hydroxylation sites is 4. The Morgan fingerprint density at radius 1 is 0.327 bits per heavy atom. The second kappa shape index (κ2) is 10.4. The van der Waals surface area contributed by atoms with Crippen LogP contribution in [0.5, 0.6) is 23.0 Å². The molecule has 4 nitrogen and oxygen atoms in total. The number of ether oxygens (including phenoxy) is 2. The molecule has 12 rings (SSSR count). The SMILES string of the molecule is c1ccc(N2c3cccc4c3B(c3ccccc3O4)c3ccc4c5c(ccc4c32)B2c3ccccc3Oc3cccc(c32)N5c2ccccc2)cc1. The van der Waals surface area contributed by atoms with Crippen molar-refractivity contribution in [2.45, 2.75) is 0 Å². The third-order valence-electron chi connectivity index (χ3n) is 11.3. The summed E-state index contributed by atoms with van der Waals surface area (Å²) in [4.78, 5) is 4.92. The topological polar surface area (TPSA) is 24.9 Å². The second-order valence-corrected chi connectivity index (χ2v) is 14.0. The zero-order chi connectivity index (χ0) is 33.9. The summed E-state index contributed by atoms with van der Waals surface area (Å²) < 4.78 is 13.2. The molecule has 4 aliphatic rings. The Bertz CT molecular complexity index is 2600. The Morgan fingerprint density at radius 3 is 1.19 bits per heavy atom. The molecule has 0 N–H and O–H groups in total. The van der Waals surface area contributed by atoms with Crippen molar-refractivity contribution in [3.8, 4) is 23.0 Å². The van der Waals surface area contributed by atoms with Crippen LogP contribution < -0.4 is 52.1 Å². The van der Waals surface area contributed by atoms with E-state index in [9.17, 15) is 0 Å². The van der Waals surface area contributed by atoms with Crippen molar-refractivity contribution in [3.05, 3.63) is 170 Å². The van der Waals surface area contributed by atoms with Gasteiger partial charge in [-0.15, -0.1) is 0 Å². The molecule has 240 valence electrons. The average Bonchev–Trinajstić information content (AvgIpc) is 3.21. The first kappa shape index (κ1) is 28.1. The minimum absolute atomic E-state index is 0.0300. The van der Waals surface area contributed by atoms with Gasteiger partial charge in [-0.25, -0.2) is 0 Å². The van der Waals surface area contributed by atoms with E-state index in [0.29, 0.717) is 0 Å². The minimum atomic E-state index is 0.0300. The molecule has 0 amide bonds. The maximum atomic E-state index is 6.61. The molecule has 8 aromatic rings. The monoisotopic (exact) mass is 662 g/mol. The first-order valence-corrected chi connectivity index (χ1v) is 17.9. The smallest absolute Gasteiger partial charge is 0.256 e. The van der Waals surface area contributed by atoms with Crippen LogP contribution in [-0.2, 0) is 0 Å². The molecule has 4 aliphatic heterocycles. The molecule has 6 heteroatoms. The molecule has 0 saturated carbocycles. The van der Waals surface area contributed by atoms with Gasteiger partial charge in [0.2, 0.25) is 0 Å². The Hall–Kier alpha value is -6.65. The van der Waals surface area contributed by atoms with Crippen LogP contribution in [-0.4, -0.2) is 13.4 Å². The molecular weight excluding hydrogens is 634 g/mol. The van der Waals surface area contributed by atoms with Crippen LogP contribution >= 0.6 is 0 Å². The highest BCUT2D eigenvalue weighted by Gasteiger charge is 2.45. The molecular formula is C46H28B2N2O2. The summed E-state index contributed by atoms with van der Waals surface area (Å²) in [5, 5.41) is 2.42. The lowest BCUT2D eigenvalue weighted by atomic mass is 9.33. The zero-order valence-electron chi connectivity index (χ0n) is 28.0. The van der Waals surface area contributed by atoms with Gasteiger partial charge >= 0.3 is 0 Å². The second-order valence-electron chi connectivity index (χ2n) is 14.0. The van der Waals surface area contributed by atoms with Gasteiger partial charge in [-0.05, 0) is 93.4 Å². The zero-order valence-corrected chi connectivity index (χ0v) is 28.0. The fourth-order valence-corrected chi connectivity index (χ4v) is 9.34. The van der Waals surface area contributed by atoms with Crippen molar-refractivity contribution >= 4 is 91.1 Å². The van der Waals surface area contributed by atoms with Crippen LogP contribution in [0.3, 0.4) is 0 Å². The molecule has 0 saturated heterocycles. The molecule has 0 spiro atoms. The summed E-state index contributed by atoms with van der Waals surface area (Å²) in [7, 11) is 0. The van der Waals surface area contributed by atoms with Gasteiger partial charge in [-0.3, -0.25) is 0 Å². The van der Waals surface area contributed by atoms with Gasteiger partial charge in [0.25, 0.3) is 13.4 Å². The van der Waals surface area contributed by atoms with Crippen molar-refractivity contribution in [2.75, 3.05) is 9.80 Å². The third-order valence-corrected chi connectivity index (χ3v) is 11.3. The van der Waals surface area contributed by atoms with Crippen LogP contribution in [0.4, 0.5) is 34.1 Å². The first-order valence-electron chi connectivity index (χ1n) is 17.9. The quantitative estimate of drug-likeness (QED) is 0.178. The van der Waals surface area contributed by atoms with Gasteiger partial charge in [0.1, 0.15) is 23.0 Å². The molecule has 0 radical (unpaired) electrons. The molecule has 0 aromatic heterocycles. The van der Waals surface area contributed by atoms with Crippen molar-refractivity contribution in [3.63, 3.8) is 0 Å². The van der Waals surface area contributed by atoms with Crippen LogP contribution in [0.15, 0.2) is 170 Å². The van der Waals surface area contributed by atoms with Crippen molar-refractivity contribution in [2.24, 2.45) is 0 Å². The summed E-state index contributed by atoms with van der Waals surface area (Å²) in [5.41, 5.74) is 14.3. The minimum Gasteiger partial charge on any atom is -0.458 e. The Balaban J connectivity index is 1.21. The summed E-state index contributed by atoms with van der Waals surface area (Å²) in [6.07, 6.45) is 0. The predicted molar refractivity (Wildman–Crippen MR) is 216 cm³/mol. The molecule has 0 aliphatic carbocycles. The third kappa shape index (κ3) is 3.68. The number of anilines is 6. The van der Waals surface area contributed by atoms with E-state index in [1.165, 1.54) is 54.9 Å². The lowest BCUT2D eigenvalue weighted by Gasteiger charge is -2.42. The van der Waals surface area contributed by atoms with E-state index in [1.807, 2.05) is 0 Å². The van der Waals surface area contributed by atoms with Crippen molar-refractivity contribution in [1.29, 1.82) is 0 Å². The Labute approximate surface area is 302 Å². The van der Waals surface area contributed by atoms with Crippen molar-refractivity contribution in [1.82, 2.24) is 0 Å². The molecule has 52 heavy (non-hydrogen) atoms. The molecule has 4 heterocycles. The van der Waals surface area contributed by atoms with Crippen LogP contribution in [0.1, 0.15) is 0 Å². The van der Waals surface area contributed by atoms with Crippen molar-refractivity contribution < 1.29 is 9.47 Å². The fourth-order valence-electron chi connectivity index (χ4n) is 9.34. The summed E-state index contributed by atoms with van der Waals surface area (Å²) in [6, 6.07) is 61.1. The van der Waals surface area contributed by atoms with Gasteiger partial charge in [-0.1, -0.05) is 109 Å². The largest absolute Gasteiger partial charge is 0.458 e. The molecule has 0 unspecified atom stereocenters. The molecule has 0 bridgehead atoms. The highest BCUT2D eigenvalue weighted by Crippen LogP contribution is 2.48.